The van der Waals surface area contributed by atoms with Crippen LogP contribution < -0.4 is 5.32 Å². The lowest BCUT2D eigenvalue weighted by molar-refractivity contribution is -0.138. The Morgan fingerprint density at radius 3 is 2.82 bits per heavy atom. The van der Waals surface area contributed by atoms with E-state index in [1.807, 2.05) is 21.0 Å². The average Bonchev–Trinajstić information content (AvgIpc) is 2.67. The van der Waals surface area contributed by atoms with Crippen molar-refractivity contribution in [1.82, 2.24) is 5.32 Å². The third kappa shape index (κ3) is 3.91. The van der Waals surface area contributed by atoms with E-state index in [2.05, 4.69) is 5.32 Å². The lowest BCUT2D eigenvalue weighted by Gasteiger charge is -2.29. The number of hydrogen-bond acceptors (Lipinski definition) is 4. The Kier molecular flexibility index (Phi) is 4.42. The molecule has 4 heteroatoms. The summed E-state index contributed by atoms with van der Waals surface area (Å²) in [6.07, 6.45) is 5.44. The normalized spacial score (nSPS) is 37.2. The molecule has 0 aromatic rings. The molecule has 100 valence electrons. The van der Waals surface area contributed by atoms with Crippen LogP contribution in [0.4, 0.5) is 0 Å². The van der Waals surface area contributed by atoms with Gasteiger partial charge in [0.1, 0.15) is 0 Å². The number of ether oxygens (including phenoxy) is 3. The zero-order valence-electron chi connectivity index (χ0n) is 11.2. The van der Waals surface area contributed by atoms with Crippen molar-refractivity contribution in [3.8, 4) is 0 Å². The Morgan fingerprint density at radius 2 is 2.18 bits per heavy atom. The zero-order valence-corrected chi connectivity index (χ0v) is 11.2. The molecular weight excluding hydrogens is 218 g/mol. The molecule has 2 rings (SSSR count). The van der Waals surface area contributed by atoms with Crippen LogP contribution in [-0.4, -0.2) is 44.3 Å². The van der Waals surface area contributed by atoms with Crippen LogP contribution in [0, 0.1) is 0 Å². The largest absolute Gasteiger partial charge is 0.381 e. The highest BCUT2D eigenvalue weighted by atomic mass is 16.7. The van der Waals surface area contributed by atoms with Gasteiger partial charge in [-0.3, -0.25) is 0 Å². The van der Waals surface area contributed by atoms with Crippen molar-refractivity contribution in [3.05, 3.63) is 0 Å². The lowest BCUT2D eigenvalue weighted by Crippen LogP contribution is -2.41. The molecule has 1 N–H and O–H groups in total. The van der Waals surface area contributed by atoms with Crippen LogP contribution in [-0.2, 0) is 14.2 Å². The van der Waals surface area contributed by atoms with Crippen molar-refractivity contribution in [2.24, 2.45) is 0 Å². The average molecular weight is 243 g/mol. The molecule has 17 heavy (non-hydrogen) atoms. The summed E-state index contributed by atoms with van der Waals surface area (Å²) in [4.78, 5) is 0. The van der Waals surface area contributed by atoms with Crippen LogP contribution in [0.15, 0.2) is 0 Å². The molecule has 0 bridgehead atoms. The summed E-state index contributed by atoms with van der Waals surface area (Å²) in [5, 5.41) is 3.58. The van der Waals surface area contributed by atoms with Gasteiger partial charge < -0.3 is 19.5 Å². The second kappa shape index (κ2) is 5.65. The highest BCUT2D eigenvalue weighted by molar-refractivity contribution is 4.81. The molecule has 0 aromatic carbocycles. The Morgan fingerprint density at radius 1 is 1.35 bits per heavy atom. The fourth-order valence-electron chi connectivity index (χ4n) is 2.71. The quantitative estimate of drug-likeness (QED) is 0.815. The SMILES string of the molecule is COC1CCCC(NCC2COC(C)(C)O2)C1. The van der Waals surface area contributed by atoms with Crippen LogP contribution in [0.5, 0.6) is 0 Å². The molecule has 3 atom stereocenters. The highest BCUT2D eigenvalue weighted by Crippen LogP contribution is 2.23. The van der Waals surface area contributed by atoms with Gasteiger partial charge in [-0.2, -0.15) is 0 Å². The molecule has 0 spiro atoms. The summed E-state index contributed by atoms with van der Waals surface area (Å²) in [5.41, 5.74) is 0. The molecule has 2 aliphatic rings. The van der Waals surface area contributed by atoms with Gasteiger partial charge in [-0.05, 0) is 39.5 Å². The molecule has 1 aliphatic heterocycles. The minimum atomic E-state index is -0.409. The molecule has 4 nitrogen and oxygen atoms in total. The number of rotatable bonds is 4. The Bertz CT molecular complexity index is 245. The minimum Gasteiger partial charge on any atom is -0.381 e. The predicted octanol–water partition coefficient (Wildman–Crippen LogP) is 1.69. The van der Waals surface area contributed by atoms with Crippen LogP contribution in [0.2, 0.25) is 0 Å². The summed E-state index contributed by atoms with van der Waals surface area (Å²) in [7, 11) is 1.81. The topological polar surface area (TPSA) is 39.7 Å². The molecule has 1 heterocycles. The smallest absolute Gasteiger partial charge is 0.163 e. The van der Waals surface area contributed by atoms with E-state index in [4.69, 9.17) is 14.2 Å². The Labute approximate surface area is 104 Å². The third-order valence-electron chi connectivity index (χ3n) is 3.66. The Balaban J connectivity index is 1.68. The van der Waals surface area contributed by atoms with Crippen molar-refractivity contribution in [2.45, 2.75) is 63.6 Å². The summed E-state index contributed by atoms with van der Waals surface area (Å²) < 4.78 is 16.8. The van der Waals surface area contributed by atoms with E-state index in [1.54, 1.807) is 0 Å². The molecule has 0 aromatic heterocycles. The second-order valence-electron chi connectivity index (χ2n) is 5.58. The molecule has 0 amide bonds. The lowest BCUT2D eigenvalue weighted by atomic mass is 9.93. The van der Waals surface area contributed by atoms with E-state index in [0.29, 0.717) is 18.8 Å². The van der Waals surface area contributed by atoms with E-state index in [9.17, 15) is 0 Å². The fourth-order valence-corrected chi connectivity index (χ4v) is 2.71. The molecule has 1 aliphatic carbocycles. The number of nitrogens with one attached hydrogen (secondary N) is 1. The van der Waals surface area contributed by atoms with Crippen molar-refractivity contribution in [3.63, 3.8) is 0 Å². The van der Waals surface area contributed by atoms with E-state index in [0.717, 1.165) is 13.0 Å². The van der Waals surface area contributed by atoms with E-state index in [-0.39, 0.29) is 6.10 Å². The van der Waals surface area contributed by atoms with Gasteiger partial charge >= 0.3 is 0 Å². The second-order valence-corrected chi connectivity index (χ2v) is 5.58. The van der Waals surface area contributed by atoms with E-state index >= 15 is 0 Å². The minimum absolute atomic E-state index is 0.188. The Hall–Kier alpha value is -0.160. The van der Waals surface area contributed by atoms with Crippen LogP contribution in [0.1, 0.15) is 39.5 Å². The summed E-state index contributed by atoms with van der Waals surface area (Å²) in [5.74, 6) is -0.409. The third-order valence-corrected chi connectivity index (χ3v) is 3.66. The first-order chi connectivity index (χ1) is 8.09. The summed E-state index contributed by atoms with van der Waals surface area (Å²) in [6.45, 7) is 5.51. The van der Waals surface area contributed by atoms with Crippen molar-refractivity contribution >= 4 is 0 Å². The van der Waals surface area contributed by atoms with Crippen LogP contribution in [0.25, 0.3) is 0 Å². The maximum Gasteiger partial charge on any atom is 0.163 e. The maximum absolute atomic E-state index is 5.78. The van der Waals surface area contributed by atoms with E-state index < -0.39 is 5.79 Å². The zero-order chi connectivity index (χ0) is 12.3. The van der Waals surface area contributed by atoms with Crippen molar-refractivity contribution in [2.75, 3.05) is 20.3 Å². The van der Waals surface area contributed by atoms with Crippen molar-refractivity contribution in [1.29, 1.82) is 0 Å². The molecule has 1 saturated heterocycles. The predicted molar refractivity (Wildman–Crippen MR) is 66.0 cm³/mol. The number of hydrogen-bond donors (Lipinski definition) is 1. The number of methoxy groups -OCH3 is 1. The standard InChI is InChI=1S/C13H25NO3/c1-13(2)16-9-12(17-13)8-14-10-5-4-6-11(7-10)15-3/h10-12,14H,4-9H2,1-3H3. The van der Waals surface area contributed by atoms with Gasteiger partial charge in [-0.1, -0.05) is 0 Å². The first kappa shape index (κ1) is 13.3. The van der Waals surface area contributed by atoms with Gasteiger partial charge in [-0.25, -0.2) is 0 Å². The van der Waals surface area contributed by atoms with Crippen LogP contribution in [0.3, 0.4) is 0 Å². The first-order valence-corrected chi connectivity index (χ1v) is 6.67. The molecule has 0 radical (unpaired) electrons. The maximum atomic E-state index is 5.78. The van der Waals surface area contributed by atoms with Gasteiger partial charge in [0, 0.05) is 19.7 Å². The molecular formula is C13H25NO3. The molecule has 1 saturated carbocycles. The highest BCUT2D eigenvalue weighted by Gasteiger charge is 2.33. The molecule has 3 unspecified atom stereocenters. The van der Waals surface area contributed by atoms with Crippen LogP contribution >= 0.6 is 0 Å². The monoisotopic (exact) mass is 243 g/mol. The first-order valence-electron chi connectivity index (χ1n) is 6.67. The van der Waals surface area contributed by atoms with Gasteiger partial charge in [-0.15, -0.1) is 0 Å². The van der Waals surface area contributed by atoms with Crippen molar-refractivity contribution < 1.29 is 14.2 Å². The summed E-state index contributed by atoms with van der Waals surface area (Å²) >= 11 is 0. The summed E-state index contributed by atoms with van der Waals surface area (Å²) in [6, 6.07) is 0.570. The van der Waals surface area contributed by atoms with Gasteiger partial charge in [0.15, 0.2) is 5.79 Å². The van der Waals surface area contributed by atoms with Gasteiger partial charge in [0.25, 0.3) is 0 Å². The van der Waals surface area contributed by atoms with Gasteiger partial charge in [0.2, 0.25) is 0 Å². The fraction of sp³-hybridized carbons (Fsp3) is 1.00. The van der Waals surface area contributed by atoms with Gasteiger partial charge in [0.05, 0.1) is 18.8 Å². The molecule has 2 fully saturated rings. The van der Waals surface area contributed by atoms with E-state index in [1.165, 1.54) is 19.3 Å².